The van der Waals surface area contributed by atoms with Gasteiger partial charge < -0.3 is 33.9 Å². The monoisotopic (exact) mass is 536 g/mol. The van der Waals surface area contributed by atoms with Gasteiger partial charge >= 0.3 is 0 Å². The molecule has 0 spiro atoms. The van der Waals surface area contributed by atoms with Crippen LogP contribution in [0.25, 0.3) is 5.76 Å². The molecule has 2 aromatic rings. The summed E-state index contributed by atoms with van der Waals surface area (Å²) in [6.45, 7) is 10.6. The highest BCUT2D eigenvalue weighted by Crippen LogP contribution is 2.42. The van der Waals surface area contributed by atoms with Crippen LogP contribution < -0.4 is 24.2 Å². The van der Waals surface area contributed by atoms with E-state index in [0.717, 1.165) is 24.4 Å². The minimum Gasteiger partial charge on any atom is -0.872 e. The van der Waals surface area contributed by atoms with Crippen LogP contribution in [0.5, 0.6) is 17.2 Å². The van der Waals surface area contributed by atoms with Gasteiger partial charge in [-0.05, 0) is 61.7 Å². The first-order valence-electron chi connectivity index (χ1n) is 13.8. The number of rotatable bonds is 9. The van der Waals surface area contributed by atoms with Crippen molar-refractivity contribution in [1.29, 1.82) is 0 Å². The zero-order chi connectivity index (χ0) is 27.5. The Bertz CT molecular complexity index is 1270. The van der Waals surface area contributed by atoms with Crippen LogP contribution in [0.2, 0.25) is 0 Å². The average Bonchev–Trinajstić information content (AvgIpc) is 3.44. The third-order valence-corrected chi connectivity index (χ3v) is 7.48. The van der Waals surface area contributed by atoms with Crippen molar-refractivity contribution in [3.05, 3.63) is 58.7 Å². The molecule has 3 aliphatic heterocycles. The lowest BCUT2D eigenvalue weighted by molar-refractivity contribution is -0.907. The van der Waals surface area contributed by atoms with Crippen LogP contribution in [-0.4, -0.2) is 75.3 Å². The zero-order valence-corrected chi connectivity index (χ0v) is 22.8. The van der Waals surface area contributed by atoms with Gasteiger partial charge in [-0.1, -0.05) is 17.9 Å². The minimum atomic E-state index is -0.823. The predicted octanol–water partition coefficient (Wildman–Crippen LogP) is 0.947. The van der Waals surface area contributed by atoms with E-state index >= 15 is 0 Å². The summed E-state index contributed by atoms with van der Waals surface area (Å²) in [7, 11) is 0. The third kappa shape index (κ3) is 5.46. The highest BCUT2D eigenvalue weighted by molar-refractivity contribution is 6.46. The summed E-state index contributed by atoms with van der Waals surface area (Å²) in [5.41, 5.74) is 1.91. The van der Waals surface area contributed by atoms with Crippen LogP contribution in [0, 0.1) is 0 Å². The topological polar surface area (TPSA) is 102 Å². The molecular formula is C30H36N2O7. The van der Waals surface area contributed by atoms with Crippen LogP contribution in [0.15, 0.2) is 42.0 Å². The lowest BCUT2D eigenvalue weighted by Crippen LogP contribution is -3.14. The number of hydrogen-bond donors (Lipinski definition) is 1. The standard InChI is InChI=1S/C30H36N2O7/c1-4-37-24-9-6-20(18-25(24)38-5-2)27-26(28(33)21-7-8-23-22(17-21)16-19(3)39-23)29(34)30(35)32(27)11-10-31-12-14-36-15-13-31/h6-9,17-19,27,33H,4-5,10-16H2,1-3H3. The number of carbonyl (C=O) groups is 2. The Kier molecular flexibility index (Phi) is 8.09. The average molecular weight is 537 g/mol. The highest BCUT2D eigenvalue weighted by Gasteiger charge is 2.45. The van der Waals surface area contributed by atoms with Gasteiger partial charge in [-0.25, -0.2) is 0 Å². The normalized spacial score (nSPS) is 22.6. The number of amides is 1. The second-order valence-electron chi connectivity index (χ2n) is 10.1. The maximum Gasteiger partial charge on any atom is 0.295 e. The summed E-state index contributed by atoms with van der Waals surface area (Å²) < 4.78 is 22.8. The fraction of sp³-hybridized carbons (Fsp3) is 0.467. The van der Waals surface area contributed by atoms with Crippen LogP contribution >= 0.6 is 0 Å². The molecule has 9 nitrogen and oxygen atoms in total. The molecule has 0 saturated carbocycles. The fourth-order valence-electron chi connectivity index (χ4n) is 5.59. The van der Waals surface area contributed by atoms with Gasteiger partial charge in [0.05, 0.1) is 45.6 Å². The Morgan fingerprint density at radius 1 is 1.05 bits per heavy atom. The summed E-state index contributed by atoms with van der Waals surface area (Å²) in [5, 5.41) is 13.9. The SMILES string of the molecule is CCOc1ccc(C2C(=C([O-])c3ccc4c(c3)CC(C)O4)C(=O)C(=O)N2CC[NH+]2CCOCC2)cc1OCC. The molecule has 2 unspecified atom stereocenters. The molecule has 2 atom stereocenters. The van der Waals surface area contributed by atoms with Crippen LogP contribution in [0.1, 0.15) is 43.5 Å². The van der Waals surface area contributed by atoms with E-state index in [2.05, 4.69) is 0 Å². The summed E-state index contributed by atoms with van der Waals surface area (Å²) in [5.74, 6) is -0.00682. The predicted molar refractivity (Wildman–Crippen MR) is 142 cm³/mol. The lowest BCUT2D eigenvalue weighted by atomic mass is 9.94. The highest BCUT2D eigenvalue weighted by atomic mass is 16.5. The summed E-state index contributed by atoms with van der Waals surface area (Å²) in [4.78, 5) is 29.7. The molecule has 5 rings (SSSR count). The van der Waals surface area contributed by atoms with Crippen molar-refractivity contribution in [3.8, 4) is 17.2 Å². The maximum atomic E-state index is 13.9. The molecule has 39 heavy (non-hydrogen) atoms. The third-order valence-electron chi connectivity index (χ3n) is 7.48. The van der Waals surface area contributed by atoms with Gasteiger partial charge in [0.1, 0.15) is 24.9 Å². The molecule has 0 aromatic heterocycles. The first-order valence-corrected chi connectivity index (χ1v) is 13.8. The molecular weight excluding hydrogens is 500 g/mol. The molecule has 1 N–H and O–H groups in total. The number of benzene rings is 2. The summed E-state index contributed by atoms with van der Waals surface area (Å²) >= 11 is 0. The molecule has 208 valence electrons. The number of quaternary nitrogens is 1. The first-order chi connectivity index (χ1) is 18.9. The molecule has 0 aliphatic carbocycles. The molecule has 0 radical (unpaired) electrons. The van der Waals surface area contributed by atoms with Crippen molar-refractivity contribution in [2.75, 3.05) is 52.6 Å². The molecule has 2 aromatic carbocycles. The van der Waals surface area contributed by atoms with E-state index in [4.69, 9.17) is 18.9 Å². The Morgan fingerprint density at radius 3 is 2.54 bits per heavy atom. The van der Waals surface area contributed by atoms with Gasteiger partial charge in [-0.2, -0.15) is 0 Å². The Balaban J connectivity index is 1.57. The van der Waals surface area contributed by atoms with Gasteiger partial charge in [-0.15, -0.1) is 0 Å². The molecule has 9 heteroatoms. The van der Waals surface area contributed by atoms with Crippen LogP contribution in [0.3, 0.4) is 0 Å². The van der Waals surface area contributed by atoms with Crippen molar-refractivity contribution in [2.45, 2.75) is 39.3 Å². The lowest BCUT2D eigenvalue weighted by Gasteiger charge is -2.30. The number of ketones is 1. The molecule has 2 saturated heterocycles. The van der Waals surface area contributed by atoms with Gasteiger partial charge in [0.25, 0.3) is 5.91 Å². The number of fused-ring (bicyclic) bond motifs is 1. The van der Waals surface area contributed by atoms with E-state index in [0.29, 0.717) is 68.6 Å². The van der Waals surface area contributed by atoms with Gasteiger partial charge in [0.15, 0.2) is 11.5 Å². The summed E-state index contributed by atoms with van der Waals surface area (Å²) in [6, 6.07) is 9.77. The Morgan fingerprint density at radius 2 is 1.79 bits per heavy atom. The van der Waals surface area contributed by atoms with Crippen molar-refractivity contribution in [3.63, 3.8) is 0 Å². The zero-order valence-electron chi connectivity index (χ0n) is 22.8. The first kappa shape index (κ1) is 27.0. The number of nitrogens with one attached hydrogen (secondary N) is 1. The molecule has 2 fully saturated rings. The van der Waals surface area contributed by atoms with Gasteiger partial charge in [0.2, 0.25) is 5.78 Å². The summed E-state index contributed by atoms with van der Waals surface area (Å²) in [6.07, 6.45) is 0.715. The smallest absolute Gasteiger partial charge is 0.295 e. The number of likely N-dealkylation sites (tertiary alicyclic amines) is 1. The van der Waals surface area contributed by atoms with E-state index < -0.39 is 23.5 Å². The van der Waals surface area contributed by atoms with Crippen molar-refractivity contribution >= 4 is 17.4 Å². The molecule has 3 heterocycles. The van der Waals surface area contributed by atoms with Gasteiger partial charge in [-0.3, -0.25) is 9.59 Å². The Labute approximate surface area is 228 Å². The number of nitrogens with zero attached hydrogens (tertiary/aromatic N) is 1. The number of carbonyl (C=O) groups excluding carboxylic acids is 2. The number of Topliss-reactive ketones (excluding diaryl/α,β-unsaturated/α-hetero) is 1. The fourth-order valence-corrected chi connectivity index (χ4v) is 5.59. The van der Waals surface area contributed by atoms with Crippen LogP contribution in [-0.2, 0) is 20.7 Å². The van der Waals surface area contributed by atoms with Gasteiger partial charge in [0, 0.05) is 12.0 Å². The van der Waals surface area contributed by atoms with E-state index in [9.17, 15) is 14.7 Å². The minimum absolute atomic E-state index is 0.0273. The number of ether oxygens (including phenoxy) is 4. The quantitative estimate of drug-likeness (QED) is 0.289. The molecule has 1 amide bonds. The second kappa shape index (κ2) is 11.7. The molecule has 0 bridgehead atoms. The van der Waals surface area contributed by atoms with Crippen molar-refractivity contribution in [1.82, 2.24) is 4.90 Å². The largest absolute Gasteiger partial charge is 0.872 e. The molecule has 3 aliphatic rings. The number of morpholine rings is 1. The number of hydrogen-bond acceptors (Lipinski definition) is 7. The van der Waals surface area contributed by atoms with E-state index in [1.807, 2.05) is 26.8 Å². The van der Waals surface area contributed by atoms with E-state index in [-0.39, 0.29) is 11.7 Å². The maximum absolute atomic E-state index is 13.9. The van der Waals surface area contributed by atoms with Crippen molar-refractivity contribution < 1.29 is 38.5 Å². The second-order valence-corrected chi connectivity index (χ2v) is 10.1. The van der Waals surface area contributed by atoms with Crippen molar-refractivity contribution in [2.24, 2.45) is 0 Å². The van der Waals surface area contributed by atoms with Crippen LogP contribution in [0.4, 0.5) is 0 Å². The van der Waals surface area contributed by atoms with E-state index in [1.54, 1.807) is 35.2 Å². The van der Waals surface area contributed by atoms with E-state index in [1.165, 1.54) is 4.90 Å². The Hall–Kier alpha value is -3.56.